The second kappa shape index (κ2) is 6.95. The Hall–Kier alpha value is -2.61. The molecule has 0 saturated heterocycles. The molecule has 8 heteroatoms. The summed E-state index contributed by atoms with van der Waals surface area (Å²) in [7, 11) is 0. The summed E-state index contributed by atoms with van der Waals surface area (Å²) in [6, 6.07) is 13.5. The van der Waals surface area contributed by atoms with Gasteiger partial charge < -0.3 is 4.74 Å². The monoisotopic (exact) mass is 424 g/mol. The van der Waals surface area contributed by atoms with Crippen LogP contribution in [-0.2, 0) is 11.0 Å². The molecule has 1 aromatic heterocycles. The molecule has 0 aliphatic heterocycles. The Balaban J connectivity index is 2.22. The maximum Gasteiger partial charge on any atom is 0.418 e. The van der Waals surface area contributed by atoms with E-state index in [4.69, 9.17) is 4.74 Å². The molecule has 0 aliphatic rings. The molecule has 3 aromatic rings. The number of hydrogen-bond acceptors (Lipinski definition) is 3. The number of benzene rings is 2. The normalized spacial score (nSPS) is 11.4. The third-order valence-electron chi connectivity index (χ3n) is 3.51. The van der Waals surface area contributed by atoms with E-state index in [1.165, 1.54) is 31.2 Å². The van der Waals surface area contributed by atoms with Crippen LogP contribution < -0.4 is 4.74 Å². The van der Waals surface area contributed by atoms with Crippen LogP contribution in [0.4, 0.5) is 13.2 Å². The van der Waals surface area contributed by atoms with Crippen LogP contribution in [0.15, 0.2) is 59.1 Å². The van der Waals surface area contributed by atoms with Crippen molar-refractivity contribution in [3.63, 3.8) is 0 Å². The van der Waals surface area contributed by atoms with E-state index in [2.05, 4.69) is 21.0 Å². The fraction of sp³-hybridized carbons (Fsp3) is 0.111. The molecule has 0 amide bonds. The summed E-state index contributed by atoms with van der Waals surface area (Å²) in [6.07, 6.45) is -4.55. The highest BCUT2D eigenvalue weighted by atomic mass is 79.9. The summed E-state index contributed by atoms with van der Waals surface area (Å²) in [4.78, 5) is 11.2. The highest BCUT2D eigenvalue weighted by Crippen LogP contribution is 2.36. The van der Waals surface area contributed by atoms with Gasteiger partial charge in [0.2, 0.25) is 5.88 Å². The Morgan fingerprint density at radius 3 is 2.38 bits per heavy atom. The number of ether oxygens (including phenoxy) is 1. The molecule has 0 spiro atoms. The Morgan fingerprint density at radius 2 is 1.77 bits per heavy atom. The van der Waals surface area contributed by atoms with E-state index in [0.717, 1.165) is 15.2 Å². The molecule has 0 atom stereocenters. The summed E-state index contributed by atoms with van der Waals surface area (Å²) in [5.74, 6) is -0.687. The van der Waals surface area contributed by atoms with Gasteiger partial charge in [-0.05, 0) is 24.3 Å². The van der Waals surface area contributed by atoms with Gasteiger partial charge in [-0.1, -0.05) is 40.2 Å². The van der Waals surface area contributed by atoms with Gasteiger partial charge in [-0.2, -0.15) is 13.2 Å². The molecule has 0 aliphatic carbocycles. The fourth-order valence-electron chi connectivity index (χ4n) is 2.46. The molecular weight excluding hydrogens is 413 g/mol. The van der Waals surface area contributed by atoms with Crippen LogP contribution in [0, 0.1) is 0 Å². The van der Waals surface area contributed by atoms with Crippen molar-refractivity contribution in [1.29, 1.82) is 0 Å². The second-order valence-corrected chi connectivity index (χ2v) is 6.31. The number of aromatic nitrogens is 2. The Kier molecular flexibility index (Phi) is 4.86. The van der Waals surface area contributed by atoms with Crippen LogP contribution >= 0.6 is 15.9 Å². The van der Waals surface area contributed by atoms with Crippen LogP contribution in [0.1, 0.15) is 12.5 Å². The number of halogens is 4. The third-order valence-corrected chi connectivity index (χ3v) is 4.04. The first-order valence-electron chi connectivity index (χ1n) is 7.47. The van der Waals surface area contributed by atoms with E-state index < -0.39 is 17.7 Å². The largest absolute Gasteiger partial charge is 0.418 e. The summed E-state index contributed by atoms with van der Waals surface area (Å²) in [5.41, 5.74) is -0.00585. The lowest BCUT2D eigenvalue weighted by atomic mass is 10.1. The van der Waals surface area contributed by atoms with Crippen LogP contribution in [0.25, 0.3) is 16.9 Å². The third kappa shape index (κ3) is 3.80. The molecule has 0 saturated carbocycles. The molecule has 2 aromatic carbocycles. The molecular formula is C18H12BrF3N2O2. The lowest BCUT2D eigenvalue weighted by Crippen LogP contribution is -2.12. The van der Waals surface area contributed by atoms with E-state index in [1.54, 1.807) is 24.3 Å². The predicted molar refractivity (Wildman–Crippen MR) is 93.0 cm³/mol. The van der Waals surface area contributed by atoms with Crippen LogP contribution in [0.2, 0.25) is 0 Å². The van der Waals surface area contributed by atoms with Gasteiger partial charge in [0.15, 0.2) is 0 Å². The second-order valence-electron chi connectivity index (χ2n) is 5.40. The van der Waals surface area contributed by atoms with E-state index in [1.807, 2.05) is 0 Å². The molecule has 134 valence electrons. The van der Waals surface area contributed by atoms with Gasteiger partial charge in [0.25, 0.3) is 0 Å². The first-order chi connectivity index (χ1) is 12.3. The summed E-state index contributed by atoms with van der Waals surface area (Å²) in [5, 5.41) is 4.06. The Morgan fingerprint density at radius 1 is 1.12 bits per heavy atom. The number of hydrogen-bond donors (Lipinski definition) is 0. The van der Waals surface area contributed by atoms with Crippen molar-refractivity contribution in [3.05, 3.63) is 64.6 Å². The van der Waals surface area contributed by atoms with Crippen molar-refractivity contribution in [3.8, 4) is 22.8 Å². The van der Waals surface area contributed by atoms with E-state index in [-0.39, 0.29) is 11.6 Å². The average Bonchev–Trinajstić information content (AvgIpc) is 2.97. The standard InChI is InChI=1S/C18H12BrF3N2O2/c1-11(25)26-17-10-16(12-6-8-13(19)9-7-12)24(23-17)15-5-3-2-4-14(15)18(20,21)22/h2-10H,1H3. The minimum absolute atomic E-state index is 0.0765. The number of carbonyl (C=O) groups is 1. The minimum atomic E-state index is -4.55. The minimum Gasteiger partial charge on any atom is -0.406 e. The molecule has 26 heavy (non-hydrogen) atoms. The highest BCUT2D eigenvalue weighted by molar-refractivity contribution is 9.10. The number of para-hydroxylation sites is 1. The zero-order chi connectivity index (χ0) is 18.9. The van der Waals surface area contributed by atoms with Gasteiger partial charge >= 0.3 is 12.1 Å². The van der Waals surface area contributed by atoms with Gasteiger partial charge in [-0.3, -0.25) is 4.79 Å². The molecule has 0 fully saturated rings. The summed E-state index contributed by atoms with van der Waals surface area (Å²) < 4.78 is 47.1. The van der Waals surface area contributed by atoms with Crippen molar-refractivity contribution in [2.24, 2.45) is 0 Å². The topological polar surface area (TPSA) is 44.1 Å². The molecule has 0 bridgehead atoms. The quantitative estimate of drug-likeness (QED) is 0.539. The molecule has 0 unspecified atom stereocenters. The van der Waals surface area contributed by atoms with Crippen LogP contribution in [0.5, 0.6) is 5.88 Å². The van der Waals surface area contributed by atoms with E-state index >= 15 is 0 Å². The molecule has 0 N–H and O–H groups in total. The molecule has 0 radical (unpaired) electrons. The average molecular weight is 425 g/mol. The van der Waals surface area contributed by atoms with Crippen molar-refractivity contribution >= 4 is 21.9 Å². The van der Waals surface area contributed by atoms with Crippen molar-refractivity contribution in [2.75, 3.05) is 0 Å². The number of rotatable bonds is 3. The maximum absolute atomic E-state index is 13.4. The van der Waals surface area contributed by atoms with Gasteiger partial charge in [0.1, 0.15) is 0 Å². The van der Waals surface area contributed by atoms with Gasteiger partial charge in [0.05, 0.1) is 16.9 Å². The number of alkyl halides is 3. The maximum atomic E-state index is 13.4. The number of nitrogens with zero attached hydrogens (tertiary/aromatic N) is 2. The van der Waals surface area contributed by atoms with Gasteiger partial charge in [0, 0.05) is 23.0 Å². The van der Waals surface area contributed by atoms with Crippen molar-refractivity contribution in [2.45, 2.75) is 13.1 Å². The Labute approximate surface area is 155 Å². The summed E-state index contributed by atoms with van der Waals surface area (Å²) in [6.45, 7) is 1.20. The Bertz CT molecular complexity index is 950. The highest BCUT2D eigenvalue weighted by Gasteiger charge is 2.34. The van der Waals surface area contributed by atoms with Gasteiger partial charge in [-0.15, -0.1) is 5.10 Å². The zero-order valence-electron chi connectivity index (χ0n) is 13.4. The van der Waals surface area contributed by atoms with Gasteiger partial charge in [-0.25, -0.2) is 4.68 Å². The lowest BCUT2D eigenvalue weighted by Gasteiger charge is -2.14. The first kappa shape index (κ1) is 18.2. The van der Waals surface area contributed by atoms with Crippen LogP contribution in [-0.4, -0.2) is 15.7 Å². The number of esters is 1. The lowest BCUT2D eigenvalue weighted by molar-refractivity contribution is -0.137. The number of carbonyl (C=O) groups excluding carboxylic acids is 1. The van der Waals surface area contributed by atoms with E-state index in [0.29, 0.717) is 11.3 Å². The fourth-order valence-corrected chi connectivity index (χ4v) is 2.73. The molecule has 1 heterocycles. The van der Waals surface area contributed by atoms with Crippen molar-refractivity contribution in [1.82, 2.24) is 9.78 Å². The predicted octanol–water partition coefficient (Wildman–Crippen LogP) is 5.25. The van der Waals surface area contributed by atoms with Crippen LogP contribution in [0.3, 0.4) is 0 Å². The zero-order valence-corrected chi connectivity index (χ0v) is 15.0. The van der Waals surface area contributed by atoms with Crippen molar-refractivity contribution < 1.29 is 22.7 Å². The SMILES string of the molecule is CC(=O)Oc1cc(-c2ccc(Br)cc2)n(-c2ccccc2C(F)(F)F)n1. The van der Waals surface area contributed by atoms with E-state index in [9.17, 15) is 18.0 Å². The smallest absolute Gasteiger partial charge is 0.406 e. The molecule has 4 nitrogen and oxygen atoms in total. The summed E-state index contributed by atoms with van der Waals surface area (Å²) >= 11 is 3.32. The first-order valence-corrected chi connectivity index (χ1v) is 8.26. The molecule has 3 rings (SSSR count).